The van der Waals surface area contributed by atoms with Crippen molar-refractivity contribution in [2.75, 3.05) is 5.32 Å². The zero-order valence-corrected chi connectivity index (χ0v) is 14.4. The zero-order valence-electron chi connectivity index (χ0n) is 11.2. The number of primary sulfonamides is 1. The monoisotopic (exact) mass is 389 g/mol. The van der Waals surface area contributed by atoms with Gasteiger partial charge >= 0.3 is 0 Å². The van der Waals surface area contributed by atoms with Crippen molar-refractivity contribution in [3.8, 4) is 10.4 Å². The van der Waals surface area contributed by atoms with Crippen LogP contribution in [0.15, 0.2) is 27.6 Å². The van der Waals surface area contributed by atoms with Crippen LogP contribution in [-0.4, -0.2) is 19.3 Å². The average molecular weight is 390 g/mol. The van der Waals surface area contributed by atoms with E-state index in [1.165, 1.54) is 24.3 Å². The second-order valence-electron chi connectivity index (χ2n) is 4.30. The summed E-state index contributed by atoms with van der Waals surface area (Å²) >= 11 is 4.53. The SMILES string of the molecule is CC(=O)Nc1nc(C)c(-c2ccc(S(N)(=O)=O)c(Br)c2)s1. The average Bonchev–Trinajstić information content (AvgIpc) is 2.67. The summed E-state index contributed by atoms with van der Waals surface area (Å²) in [4.78, 5) is 16.2. The van der Waals surface area contributed by atoms with Crippen molar-refractivity contribution >= 4 is 48.3 Å². The molecule has 112 valence electrons. The third-order valence-corrected chi connectivity index (χ3v) is 5.59. The number of aromatic nitrogens is 1. The Hall–Kier alpha value is -1.29. The van der Waals surface area contributed by atoms with Gasteiger partial charge in [0.2, 0.25) is 15.9 Å². The van der Waals surface area contributed by atoms with E-state index in [2.05, 4.69) is 26.2 Å². The van der Waals surface area contributed by atoms with E-state index in [0.29, 0.717) is 9.60 Å². The van der Waals surface area contributed by atoms with Crippen molar-refractivity contribution in [3.63, 3.8) is 0 Å². The van der Waals surface area contributed by atoms with E-state index < -0.39 is 10.0 Å². The summed E-state index contributed by atoms with van der Waals surface area (Å²) in [5, 5.41) is 8.25. The van der Waals surface area contributed by atoms with Gasteiger partial charge in [-0.05, 0) is 40.5 Å². The molecule has 3 N–H and O–H groups in total. The van der Waals surface area contributed by atoms with Crippen LogP contribution in [0.1, 0.15) is 12.6 Å². The van der Waals surface area contributed by atoms with Crippen molar-refractivity contribution in [1.82, 2.24) is 4.98 Å². The fourth-order valence-electron chi connectivity index (χ4n) is 1.74. The number of sulfonamides is 1. The van der Waals surface area contributed by atoms with Crippen LogP contribution in [0.4, 0.5) is 5.13 Å². The second-order valence-corrected chi connectivity index (χ2v) is 7.69. The van der Waals surface area contributed by atoms with Gasteiger partial charge in [0.15, 0.2) is 5.13 Å². The van der Waals surface area contributed by atoms with E-state index in [1.807, 2.05) is 6.92 Å². The fourth-order valence-corrected chi connectivity index (χ4v) is 4.39. The highest BCUT2D eigenvalue weighted by molar-refractivity contribution is 9.10. The number of carbonyl (C=O) groups excluding carboxylic acids is 1. The van der Waals surface area contributed by atoms with Crippen molar-refractivity contribution < 1.29 is 13.2 Å². The van der Waals surface area contributed by atoms with Gasteiger partial charge in [-0.3, -0.25) is 4.79 Å². The highest BCUT2D eigenvalue weighted by Crippen LogP contribution is 2.35. The lowest BCUT2D eigenvalue weighted by Crippen LogP contribution is -2.12. The first-order chi connectivity index (χ1) is 9.68. The molecule has 0 radical (unpaired) electrons. The number of nitrogens with one attached hydrogen (secondary N) is 1. The molecule has 0 saturated heterocycles. The quantitative estimate of drug-likeness (QED) is 0.841. The normalized spacial score (nSPS) is 11.4. The van der Waals surface area contributed by atoms with E-state index in [1.54, 1.807) is 12.1 Å². The Balaban J connectivity index is 2.46. The molecule has 0 aliphatic heterocycles. The van der Waals surface area contributed by atoms with E-state index >= 15 is 0 Å². The molecule has 0 atom stereocenters. The number of carbonyl (C=O) groups is 1. The van der Waals surface area contributed by atoms with Crippen LogP contribution in [0.3, 0.4) is 0 Å². The lowest BCUT2D eigenvalue weighted by Gasteiger charge is -2.04. The van der Waals surface area contributed by atoms with Gasteiger partial charge in [0.25, 0.3) is 0 Å². The van der Waals surface area contributed by atoms with Crippen LogP contribution in [0.2, 0.25) is 0 Å². The number of amides is 1. The third-order valence-electron chi connectivity index (χ3n) is 2.58. The molecule has 0 aliphatic carbocycles. The molecule has 1 heterocycles. The Kier molecular flexibility index (Phi) is 4.47. The van der Waals surface area contributed by atoms with Gasteiger partial charge in [-0.1, -0.05) is 17.4 Å². The standard InChI is InChI=1S/C12H12BrN3O3S2/c1-6-11(20-12(15-6)16-7(2)17)8-3-4-10(9(13)5-8)21(14,18)19/h3-5H,1-2H3,(H2,14,18,19)(H,15,16,17). The molecular formula is C12H12BrN3O3S2. The maximum absolute atomic E-state index is 11.4. The van der Waals surface area contributed by atoms with Crippen LogP contribution in [0, 0.1) is 6.92 Å². The van der Waals surface area contributed by atoms with E-state index in [9.17, 15) is 13.2 Å². The molecule has 0 bridgehead atoms. The van der Waals surface area contributed by atoms with Crippen LogP contribution >= 0.6 is 27.3 Å². The largest absolute Gasteiger partial charge is 0.302 e. The van der Waals surface area contributed by atoms with E-state index in [4.69, 9.17) is 5.14 Å². The second kappa shape index (κ2) is 5.84. The minimum Gasteiger partial charge on any atom is -0.302 e. The Labute approximate surface area is 134 Å². The van der Waals surface area contributed by atoms with Crippen molar-refractivity contribution in [2.24, 2.45) is 5.14 Å². The number of benzene rings is 1. The first-order valence-corrected chi connectivity index (χ1v) is 8.92. The van der Waals surface area contributed by atoms with Gasteiger partial charge in [-0.2, -0.15) is 0 Å². The topological polar surface area (TPSA) is 102 Å². The maximum atomic E-state index is 11.4. The summed E-state index contributed by atoms with van der Waals surface area (Å²) in [6.07, 6.45) is 0. The Bertz CT molecular complexity index is 815. The van der Waals surface area contributed by atoms with Crippen LogP contribution in [-0.2, 0) is 14.8 Å². The number of rotatable bonds is 3. The van der Waals surface area contributed by atoms with Crippen molar-refractivity contribution in [3.05, 3.63) is 28.4 Å². The molecule has 0 fully saturated rings. The van der Waals surface area contributed by atoms with Crippen molar-refractivity contribution in [1.29, 1.82) is 0 Å². The Morgan fingerprint density at radius 1 is 1.43 bits per heavy atom. The Morgan fingerprint density at radius 2 is 2.10 bits per heavy atom. The summed E-state index contributed by atoms with van der Waals surface area (Å²) in [6, 6.07) is 4.76. The van der Waals surface area contributed by atoms with Gasteiger partial charge < -0.3 is 5.32 Å². The predicted molar refractivity (Wildman–Crippen MR) is 85.7 cm³/mol. The zero-order chi connectivity index (χ0) is 15.8. The molecule has 2 rings (SSSR count). The van der Waals surface area contributed by atoms with Gasteiger partial charge in [-0.15, -0.1) is 0 Å². The lowest BCUT2D eigenvalue weighted by atomic mass is 10.2. The van der Waals surface area contributed by atoms with Crippen LogP contribution < -0.4 is 10.5 Å². The van der Waals surface area contributed by atoms with Crippen LogP contribution in [0.5, 0.6) is 0 Å². The number of nitrogens with zero attached hydrogens (tertiary/aromatic N) is 1. The molecule has 6 nitrogen and oxygen atoms in total. The summed E-state index contributed by atoms with van der Waals surface area (Å²) < 4.78 is 23.2. The lowest BCUT2D eigenvalue weighted by molar-refractivity contribution is -0.114. The highest BCUT2D eigenvalue weighted by atomic mass is 79.9. The van der Waals surface area contributed by atoms with Crippen LogP contribution in [0.25, 0.3) is 10.4 Å². The number of thiazole rings is 1. The van der Waals surface area contributed by atoms with Gasteiger partial charge in [0, 0.05) is 11.4 Å². The Morgan fingerprint density at radius 3 is 2.62 bits per heavy atom. The number of nitrogens with two attached hydrogens (primary N) is 1. The van der Waals surface area contributed by atoms with Gasteiger partial charge in [-0.25, -0.2) is 18.5 Å². The first kappa shape index (κ1) is 16.1. The molecule has 0 spiro atoms. The summed E-state index contributed by atoms with van der Waals surface area (Å²) in [5.74, 6) is -0.193. The number of aryl methyl sites for hydroxylation is 1. The molecule has 0 aliphatic rings. The maximum Gasteiger partial charge on any atom is 0.239 e. The summed E-state index contributed by atoms with van der Waals surface area (Å²) in [5.41, 5.74) is 1.54. The smallest absolute Gasteiger partial charge is 0.239 e. The molecule has 2 aromatic rings. The van der Waals surface area contributed by atoms with Gasteiger partial charge in [0.1, 0.15) is 0 Å². The fraction of sp³-hybridized carbons (Fsp3) is 0.167. The predicted octanol–water partition coefficient (Wildman–Crippen LogP) is 2.49. The highest BCUT2D eigenvalue weighted by Gasteiger charge is 2.16. The van der Waals surface area contributed by atoms with Gasteiger partial charge in [0.05, 0.1) is 15.5 Å². The first-order valence-electron chi connectivity index (χ1n) is 5.76. The molecule has 1 aromatic heterocycles. The minimum atomic E-state index is -3.77. The molecule has 9 heteroatoms. The molecule has 1 amide bonds. The number of anilines is 1. The molecule has 21 heavy (non-hydrogen) atoms. The number of halogens is 1. The van der Waals surface area contributed by atoms with E-state index in [0.717, 1.165) is 16.1 Å². The number of hydrogen-bond acceptors (Lipinski definition) is 5. The van der Waals surface area contributed by atoms with Crippen molar-refractivity contribution in [2.45, 2.75) is 18.7 Å². The summed E-state index contributed by atoms with van der Waals surface area (Å²) in [7, 11) is -3.77. The molecule has 1 aromatic carbocycles. The summed E-state index contributed by atoms with van der Waals surface area (Å²) in [6.45, 7) is 3.23. The molecule has 0 unspecified atom stereocenters. The third kappa shape index (κ3) is 3.67. The molecule has 0 saturated carbocycles. The van der Waals surface area contributed by atoms with E-state index in [-0.39, 0.29) is 10.8 Å². The minimum absolute atomic E-state index is 0.0236. The molecular weight excluding hydrogens is 378 g/mol. The number of hydrogen-bond donors (Lipinski definition) is 2.